The molecule has 1 amide bonds. The molecule has 0 spiro atoms. The summed E-state index contributed by atoms with van der Waals surface area (Å²) >= 11 is 0. The van der Waals surface area contributed by atoms with Gasteiger partial charge in [-0.05, 0) is 84.1 Å². The van der Waals surface area contributed by atoms with Gasteiger partial charge in [-0.2, -0.15) is 0 Å². The van der Waals surface area contributed by atoms with Crippen molar-refractivity contribution in [2.75, 3.05) is 23.3 Å². The van der Waals surface area contributed by atoms with Crippen molar-refractivity contribution in [3.05, 3.63) is 23.8 Å². The third kappa shape index (κ3) is 6.20. The topological polar surface area (TPSA) is 87.7 Å². The van der Waals surface area contributed by atoms with E-state index in [4.69, 9.17) is 4.74 Å². The fraction of sp³-hybridized carbons (Fsp3) is 0.696. The molecule has 1 aromatic carbocycles. The second-order valence-electron chi connectivity index (χ2n) is 9.41. The average Bonchev–Trinajstić information content (AvgIpc) is 2.69. The maximum absolute atomic E-state index is 12.8. The first-order valence-corrected chi connectivity index (χ1v) is 12.9. The van der Waals surface area contributed by atoms with Gasteiger partial charge < -0.3 is 15.0 Å². The van der Waals surface area contributed by atoms with Gasteiger partial charge in [0.25, 0.3) is 0 Å². The Labute approximate surface area is 187 Å². The molecule has 2 N–H and O–H groups in total. The lowest BCUT2D eigenvalue weighted by Gasteiger charge is -2.37. The van der Waals surface area contributed by atoms with Crippen molar-refractivity contribution in [1.29, 1.82) is 0 Å². The smallest absolute Gasteiger partial charge is 0.227 e. The van der Waals surface area contributed by atoms with Crippen LogP contribution in [0.1, 0.15) is 58.9 Å². The van der Waals surface area contributed by atoms with Gasteiger partial charge in [0.2, 0.25) is 15.9 Å². The maximum Gasteiger partial charge on any atom is 0.227 e. The standard InChI is InChI=1S/C23H37N3O4S/c1-15(2)31(28,29)25-20-8-6-19(7-9-20)23(27)24-22-11-10-21(12-16(22)3)26-13-17(4)30-18(5)14-26/h10-12,15,17-20,25H,6-9,13-14H2,1-5H3,(H,24,27)/t17-,18+,19-,20-. The summed E-state index contributed by atoms with van der Waals surface area (Å²) in [7, 11) is -3.27. The zero-order valence-corrected chi connectivity index (χ0v) is 20.2. The number of benzene rings is 1. The van der Waals surface area contributed by atoms with Crippen molar-refractivity contribution >= 4 is 27.3 Å². The summed E-state index contributed by atoms with van der Waals surface area (Å²) in [6, 6.07) is 6.09. The molecule has 1 saturated heterocycles. The van der Waals surface area contributed by atoms with E-state index in [0.717, 1.165) is 30.0 Å². The van der Waals surface area contributed by atoms with E-state index >= 15 is 0 Å². The molecular weight excluding hydrogens is 414 g/mol. The Bertz CT molecular complexity index is 869. The summed E-state index contributed by atoms with van der Waals surface area (Å²) in [4.78, 5) is 15.1. The summed E-state index contributed by atoms with van der Waals surface area (Å²) in [5.41, 5.74) is 3.03. The van der Waals surface area contributed by atoms with E-state index < -0.39 is 15.3 Å². The molecule has 1 aliphatic carbocycles. The number of ether oxygens (including phenoxy) is 1. The second-order valence-corrected chi connectivity index (χ2v) is 11.7. The van der Waals surface area contributed by atoms with Crippen molar-refractivity contribution < 1.29 is 17.9 Å². The molecule has 174 valence electrons. The van der Waals surface area contributed by atoms with Gasteiger partial charge in [0.05, 0.1) is 17.5 Å². The predicted molar refractivity (Wildman–Crippen MR) is 125 cm³/mol. The number of anilines is 2. The monoisotopic (exact) mass is 451 g/mol. The van der Waals surface area contributed by atoms with Crippen molar-refractivity contribution in [3.63, 3.8) is 0 Å². The molecule has 1 aromatic rings. The molecule has 7 nitrogen and oxygen atoms in total. The predicted octanol–water partition coefficient (Wildman–Crippen LogP) is 3.43. The van der Waals surface area contributed by atoms with Crippen LogP contribution in [0.5, 0.6) is 0 Å². The molecule has 3 rings (SSSR count). The molecule has 0 bridgehead atoms. The number of carbonyl (C=O) groups is 1. The van der Waals surface area contributed by atoms with Crippen molar-refractivity contribution in [1.82, 2.24) is 4.72 Å². The molecule has 2 atom stereocenters. The molecule has 0 radical (unpaired) electrons. The number of nitrogens with zero attached hydrogens (tertiary/aromatic N) is 1. The van der Waals surface area contributed by atoms with E-state index in [1.165, 1.54) is 0 Å². The molecular formula is C23H37N3O4S. The van der Waals surface area contributed by atoms with Crippen LogP contribution < -0.4 is 14.9 Å². The first-order valence-electron chi connectivity index (χ1n) is 11.4. The molecule has 2 aliphatic rings. The van der Waals surface area contributed by atoms with Gasteiger partial charge in [0.15, 0.2) is 0 Å². The maximum atomic E-state index is 12.8. The van der Waals surface area contributed by atoms with E-state index in [9.17, 15) is 13.2 Å². The largest absolute Gasteiger partial charge is 0.372 e. The number of sulfonamides is 1. The first-order chi connectivity index (χ1) is 14.5. The van der Waals surface area contributed by atoms with Crippen LogP contribution in [-0.4, -0.2) is 50.9 Å². The Kier molecular flexibility index (Phi) is 7.65. The normalized spacial score (nSPS) is 27.4. The zero-order chi connectivity index (χ0) is 22.8. The number of hydrogen-bond acceptors (Lipinski definition) is 5. The zero-order valence-electron chi connectivity index (χ0n) is 19.3. The fourth-order valence-corrected chi connectivity index (χ4v) is 5.42. The highest BCUT2D eigenvalue weighted by atomic mass is 32.2. The van der Waals surface area contributed by atoms with Gasteiger partial charge in [0.1, 0.15) is 0 Å². The minimum Gasteiger partial charge on any atom is -0.372 e. The summed E-state index contributed by atoms with van der Waals surface area (Å²) in [5.74, 6) is -0.0607. The number of morpholine rings is 1. The molecule has 1 heterocycles. The number of nitrogens with one attached hydrogen (secondary N) is 2. The van der Waals surface area contributed by atoms with Crippen LogP contribution in [-0.2, 0) is 19.6 Å². The van der Waals surface area contributed by atoms with Gasteiger partial charge in [-0.1, -0.05) is 0 Å². The van der Waals surface area contributed by atoms with Crippen LogP contribution in [0.3, 0.4) is 0 Å². The van der Waals surface area contributed by atoms with Crippen molar-refractivity contribution in [3.8, 4) is 0 Å². The van der Waals surface area contributed by atoms with Gasteiger partial charge in [-0.3, -0.25) is 4.79 Å². The highest BCUT2D eigenvalue weighted by Crippen LogP contribution is 2.29. The molecule has 1 saturated carbocycles. The van der Waals surface area contributed by atoms with E-state index in [0.29, 0.717) is 25.7 Å². The van der Waals surface area contributed by atoms with Gasteiger partial charge in [-0.15, -0.1) is 0 Å². The molecule has 0 aromatic heterocycles. The molecule has 2 fully saturated rings. The Morgan fingerprint density at radius 1 is 1.10 bits per heavy atom. The van der Waals surface area contributed by atoms with Crippen LogP contribution in [0.15, 0.2) is 18.2 Å². The average molecular weight is 452 g/mol. The third-order valence-corrected chi connectivity index (χ3v) is 8.21. The summed E-state index contributed by atoms with van der Waals surface area (Å²) in [6.45, 7) is 11.3. The van der Waals surface area contributed by atoms with Crippen LogP contribution in [0, 0.1) is 12.8 Å². The highest BCUT2D eigenvalue weighted by molar-refractivity contribution is 7.90. The number of carbonyl (C=O) groups excluding carboxylic acids is 1. The number of aryl methyl sites for hydroxylation is 1. The van der Waals surface area contributed by atoms with Crippen LogP contribution >= 0.6 is 0 Å². The van der Waals surface area contributed by atoms with Crippen LogP contribution in [0.2, 0.25) is 0 Å². The molecule has 8 heteroatoms. The first kappa shape index (κ1) is 24.0. The molecule has 1 aliphatic heterocycles. The quantitative estimate of drug-likeness (QED) is 0.692. The molecule has 0 unspecified atom stereocenters. The van der Waals surface area contributed by atoms with Crippen LogP contribution in [0.4, 0.5) is 11.4 Å². The highest BCUT2D eigenvalue weighted by Gasteiger charge is 2.30. The summed E-state index contributed by atoms with van der Waals surface area (Å²) in [5, 5.41) is 2.65. The fourth-order valence-electron chi connectivity index (χ4n) is 4.45. The Hall–Kier alpha value is -1.64. The number of amides is 1. The third-order valence-electron chi connectivity index (χ3n) is 6.30. The van der Waals surface area contributed by atoms with E-state index in [1.807, 2.05) is 13.0 Å². The van der Waals surface area contributed by atoms with E-state index in [2.05, 4.69) is 40.9 Å². The van der Waals surface area contributed by atoms with Crippen molar-refractivity contribution in [2.45, 2.75) is 83.8 Å². The van der Waals surface area contributed by atoms with Gasteiger partial charge in [-0.25, -0.2) is 13.1 Å². The lowest BCUT2D eigenvalue weighted by molar-refractivity contribution is -0.120. The molecule has 31 heavy (non-hydrogen) atoms. The summed E-state index contributed by atoms with van der Waals surface area (Å²) in [6.07, 6.45) is 3.16. The second kappa shape index (κ2) is 9.88. The van der Waals surface area contributed by atoms with E-state index in [1.54, 1.807) is 13.8 Å². The SMILES string of the molecule is Cc1cc(N2C[C@@H](C)O[C@@H](C)C2)ccc1NC(=O)[C@H]1CC[C@H](NS(=O)(=O)C(C)C)CC1. The van der Waals surface area contributed by atoms with Gasteiger partial charge >= 0.3 is 0 Å². The van der Waals surface area contributed by atoms with E-state index in [-0.39, 0.29) is 30.1 Å². The Morgan fingerprint density at radius 3 is 2.26 bits per heavy atom. The van der Waals surface area contributed by atoms with Crippen LogP contribution in [0.25, 0.3) is 0 Å². The lowest BCUT2D eigenvalue weighted by Crippen LogP contribution is -2.45. The minimum absolute atomic E-state index is 0.0228. The Balaban J connectivity index is 1.55. The number of hydrogen-bond donors (Lipinski definition) is 2. The van der Waals surface area contributed by atoms with Crippen molar-refractivity contribution in [2.24, 2.45) is 5.92 Å². The lowest BCUT2D eigenvalue weighted by atomic mass is 9.86. The number of rotatable bonds is 6. The minimum atomic E-state index is -3.27. The summed E-state index contributed by atoms with van der Waals surface area (Å²) < 4.78 is 32.7. The van der Waals surface area contributed by atoms with Gasteiger partial charge in [0, 0.05) is 36.4 Å². The Morgan fingerprint density at radius 2 is 1.71 bits per heavy atom.